The summed E-state index contributed by atoms with van der Waals surface area (Å²) in [4.78, 5) is 8.95. The minimum absolute atomic E-state index is 0.471. The zero-order chi connectivity index (χ0) is 14.3. The molecule has 0 atom stereocenters. The smallest absolute Gasteiger partial charge is 0.207 e. The highest BCUT2D eigenvalue weighted by Crippen LogP contribution is 2.24. The van der Waals surface area contributed by atoms with Crippen molar-refractivity contribution in [1.82, 2.24) is 14.5 Å². The molecule has 0 saturated heterocycles. The summed E-state index contributed by atoms with van der Waals surface area (Å²) in [5, 5.41) is 0. The zero-order valence-electron chi connectivity index (χ0n) is 12.0. The molecule has 0 spiro atoms. The molecule has 0 saturated carbocycles. The molecule has 0 aliphatic heterocycles. The number of nitrogens with two attached hydrogens (primary N) is 1. The van der Waals surface area contributed by atoms with Crippen LogP contribution in [0.2, 0.25) is 0 Å². The molecule has 1 aromatic carbocycles. The fraction of sp³-hybridized carbons (Fsp3) is 0.250. The van der Waals surface area contributed by atoms with Gasteiger partial charge in [-0.25, -0.2) is 9.97 Å². The Bertz CT molecular complexity index is 771. The Kier molecular flexibility index (Phi) is 2.93. The highest BCUT2D eigenvalue weighted by atomic mass is 15.2. The Morgan fingerprint density at radius 1 is 1.10 bits per heavy atom. The van der Waals surface area contributed by atoms with Gasteiger partial charge in [-0.1, -0.05) is 26.0 Å². The van der Waals surface area contributed by atoms with E-state index < -0.39 is 0 Å². The number of rotatable bonds is 2. The Morgan fingerprint density at radius 3 is 2.65 bits per heavy atom. The summed E-state index contributed by atoms with van der Waals surface area (Å²) in [6, 6.07) is 12.3. The summed E-state index contributed by atoms with van der Waals surface area (Å²) < 4.78 is 1.91. The van der Waals surface area contributed by atoms with E-state index in [1.165, 1.54) is 5.56 Å². The van der Waals surface area contributed by atoms with E-state index in [0.29, 0.717) is 11.9 Å². The average Bonchev–Trinajstić information content (AvgIpc) is 2.74. The average molecular weight is 266 g/mol. The topological polar surface area (TPSA) is 56.7 Å². The molecule has 0 bridgehead atoms. The molecule has 0 amide bonds. The van der Waals surface area contributed by atoms with Crippen molar-refractivity contribution in [2.75, 3.05) is 5.73 Å². The van der Waals surface area contributed by atoms with E-state index in [2.05, 4.69) is 35.9 Å². The standard InChI is InChI=1S/C16H18N4/c1-10(2)12-5-4-6-13(9-12)20-15-14(19-16(20)17)8-7-11(3)18-15/h4-10H,1-3H3,(H2,17,19). The van der Waals surface area contributed by atoms with E-state index in [1.54, 1.807) is 0 Å². The number of pyridine rings is 1. The molecule has 2 aromatic heterocycles. The van der Waals surface area contributed by atoms with Crippen LogP contribution >= 0.6 is 0 Å². The number of nitrogens with zero attached hydrogens (tertiary/aromatic N) is 3. The molecule has 3 aromatic rings. The van der Waals surface area contributed by atoms with Crippen molar-refractivity contribution in [2.24, 2.45) is 0 Å². The lowest BCUT2D eigenvalue weighted by Crippen LogP contribution is -2.02. The van der Waals surface area contributed by atoms with Gasteiger partial charge in [0.1, 0.15) is 5.52 Å². The third-order valence-corrected chi connectivity index (χ3v) is 3.46. The number of fused-ring (bicyclic) bond motifs is 1. The van der Waals surface area contributed by atoms with Gasteiger partial charge in [-0.3, -0.25) is 4.57 Å². The van der Waals surface area contributed by atoms with Gasteiger partial charge >= 0.3 is 0 Å². The number of aryl methyl sites for hydroxylation is 1. The van der Waals surface area contributed by atoms with Gasteiger partial charge in [0.15, 0.2) is 5.65 Å². The van der Waals surface area contributed by atoms with Crippen molar-refractivity contribution in [1.29, 1.82) is 0 Å². The lowest BCUT2D eigenvalue weighted by molar-refractivity contribution is 0.863. The third kappa shape index (κ3) is 2.03. The number of aromatic nitrogens is 3. The first-order valence-electron chi connectivity index (χ1n) is 6.78. The third-order valence-electron chi connectivity index (χ3n) is 3.46. The number of hydrogen-bond acceptors (Lipinski definition) is 3. The van der Waals surface area contributed by atoms with Crippen LogP contribution in [0.5, 0.6) is 0 Å². The number of hydrogen-bond donors (Lipinski definition) is 1. The fourth-order valence-corrected chi connectivity index (χ4v) is 2.35. The van der Waals surface area contributed by atoms with E-state index in [9.17, 15) is 0 Å². The van der Waals surface area contributed by atoms with Crippen molar-refractivity contribution in [2.45, 2.75) is 26.7 Å². The summed E-state index contributed by atoms with van der Waals surface area (Å²) in [5.41, 5.74) is 10.9. The van der Waals surface area contributed by atoms with Crippen molar-refractivity contribution in [3.8, 4) is 5.69 Å². The van der Waals surface area contributed by atoms with Gasteiger partial charge in [0.05, 0.1) is 5.69 Å². The highest BCUT2D eigenvalue weighted by molar-refractivity contribution is 5.77. The number of imidazole rings is 1. The molecule has 3 rings (SSSR count). The van der Waals surface area contributed by atoms with Gasteiger partial charge in [-0.2, -0.15) is 0 Å². The normalized spacial score (nSPS) is 11.4. The maximum atomic E-state index is 6.07. The van der Waals surface area contributed by atoms with Crippen LogP contribution in [0.3, 0.4) is 0 Å². The summed E-state index contributed by atoms with van der Waals surface area (Å²) in [7, 11) is 0. The van der Waals surface area contributed by atoms with Gasteiger partial charge in [0, 0.05) is 5.69 Å². The van der Waals surface area contributed by atoms with Crippen LogP contribution in [0.4, 0.5) is 5.95 Å². The molecule has 4 nitrogen and oxygen atoms in total. The van der Waals surface area contributed by atoms with Gasteiger partial charge in [-0.15, -0.1) is 0 Å². The molecule has 0 unspecified atom stereocenters. The van der Waals surface area contributed by atoms with Crippen LogP contribution in [0.1, 0.15) is 31.0 Å². The van der Waals surface area contributed by atoms with E-state index in [0.717, 1.165) is 22.5 Å². The molecule has 0 aliphatic carbocycles. The predicted molar refractivity (Wildman–Crippen MR) is 82.1 cm³/mol. The number of benzene rings is 1. The predicted octanol–water partition coefficient (Wildman–Crippen LogP) is 3.43. The second kappa shape index (κ2) is 4.63. The fourth-order valence-electron chi connectivity index (χ4n) is 2.35. The van der Waals surface area contributed by atoms with Gasteiger partial charge in [0.2, 0.25) is 5.95 Å². The summed E-state index contributed by atoms with van der Waals surface area (Å²) in [6.45, 7) is 6.32. The molecule has 2 N–H and O–H groups in total. The first kappa shape index (κ1) is 12.7. The second-order valence-electron chi connectivity index (χ2n) is 5.35. The Balaban J connectivity index is 2.26. The van der Waals surface area contributed by atoms with Crippen molar-refractivity contribution < 1.29 is 0 Å². The molecular formula is C16H18N4. The SMILES string of the molecule is Cc1ccc2nc(N)n(-c3cccc(C(C)C)c3)c2n1. The maximum Gasteiger partial charge on any atom is 0.207 e. The minimum Gasteiger partial charge on any atom is -0.369 e. The van der Waals surface area contributed by atoms with E-state index in [1.807, 2.05) is 35.8 Å². The van der Waals surface area contributed by atoms with Crippen LogP contribution in [-0.2, 0) is 0 Å². The highest BCUT2D eigenvalue weighted by Gasteiger charge is 2.12. The first-order chi connectivity index (χ1) is 9.56. The first-order valence-corrected chi connectivity index (χ1v) is 6.78. The molecular weight excluding hydrogens is 248 g/mol. The lowest BCUT2D eigenvalue weighted by Gasteiger charge is -2.10. The summed E-state index contributed by atoms with van der Waals surface area (Å²) in [5.74, 6) is 0.944. The van der Waals surface area contributed by atoms with Gasteiger partial charge in [-0.05, 0) is 42.7 Å². The van der Waals surface area contributed by atoms with E-state index in [-0.39, 0.29) is 0 Å². The van der Waals surface area contributed by atoms with E-state index >= 15 is 0 Å². The van der Waals surface area contributed by atoms with Crippen molar-refractivity contribution in [3.63, 3.8) is 0 Å². The molecule has 20 heavy (non-hydrogen) atoms. The van der Waals surface area contributed by atoms with E-state index in [4.69, 9.17) is 5.73 Å². The second-order valence-corrected chi connectivity index (χ2v) is 5.35. The van der Waals surface area contributed by atoms with Crippen LogP contribution in [-0.4, -0.2) is 14.5 Å². The number of nitrogen functional groups attached to an aromatic ring is 1. The Hall–Kier alpha value is -2.36. The molecule has 0 fully saturated rings. The minimum atomic E-state index is 0.471. The summed E-state index contributed by atoms with van der Waals surface area (Å²) in [6.07, 6.45) is 0. The van der Waals surface area contributed by atoms with Crippen LogP contribution in [0, 0.1) is 6.92 Å². The summed E-state index contributed by atoms with van der Waals surface area (Å²) >= 11 is 0. The number of anilines is 1. The largest absolute Gasteiger partial charge is 0.369 e. The van der Waals surface area contributed by atoms with Crippen LogP contribution < -0.4 is 5.73 Å². The maximum absolute atomic E-state index is 6.07. The van der Waals surface area contributed by atoms with Gasteiger partial charge < -0.3 is 5.73 Å². The Morgan fingerprint density at radius 2 is 1.90 bits per heavy atom. The molecule has 0 aliphatic rings. The molecule has 102 valence electrons. The molecule has 4 heteroatoms. The van der Waals surface area contributed by atoms with Crippen LogP contribution in [0.15, 0.2) is 36.4 Å². The van der Waals surface area contributed by atoms with Crippen molar-refractivity contribution in [3.05, 3.63) is 47.7 Å². The van der Waals surface area contributed by atoms with Crippen molar-refractivity contribution >= 4 is 17.1 Å². The monoisotopic (exact) mass is 266 g/mol. The zero-order valence-corrected chi connectivity index (χ0v) is 12.0. The van der Waals surface area contributed by atoms with Crippen LogP contribution in [0.25, 0.3) is 16.9 Å². The lowest BCUT2D eigenvalue weighted by atomic mass is 10.0. The Labute approximate surface area is 118 Å². The van der Waals surface area contributed by atoms with Gasteiger partial charge in [0.25, 0.3) is 0 Å². The molecule has 2 heterocycles. The molecule has 0 radical (unpaired) electrons. The quantitative estimate of drug-likeness (QED) is 0.773.